The van der Waals surface area contributed by atoms with Crippen molar-refractivity contribution in [3.63, 3.8) is 0 Å². The van der Waals surface area contributed by atoms with Crippen molar-refractivity contribution in [1.82, 2.24) is 4.72 Å². The molecule has 152 valence electrons. The Hall–Kier alpha value is -2.21. The van der Waals surface area contributed by atoms with E-state index in [1.54, 1.807) is 42.5 Å². The van der Waals surface area contributed by atoms with Crippen LogP contribution in [0.15, 0.2) is 77.7 Å². The van der Waals surface area contributed by atoms with Gasteiger partial charge in [-0.25, -0.2) is 17.5 Å². The van der Waals surface area contributed by atoms with Crippen LogP contribution in [0, 0.1) is 12.7 Å². The van der Waals surface area contributed by atoms with Crippen molar-refractivity contribution in [3.8, 4) is 0 Å². The predicted molar refractivity (Wildman–Crippen MR) is 115 cm³/mol. The van der Waals surface area contributed by atoms with Crippen LogP contribution in [0.1, 0.15) is 36.0 Å². The van der Waals surface area contributed by atoms with E-state index in [4.69, 9.17) is 11.6 Å². The summed E-state index contributed by atoms with van der Waals surface area (Å²) < 4.78 is 42.0. The van der Waals surface area contributed by atoms with Gasteiger partial charge in [0.25, 0.3) is 0 Å². The van der Waals surface area contributed by atoms with Gasteiger partial charge in [0.05, 0.1) is 4.90 Å². The van der Waals surface area contributed by atoms with Gasteiger partial charge in [-0.2, -0.15) is 0 Å². The van der Waals surface area contributed by atoms with Crippen molar-refractivity contribution < 1.29 is 12.8 Å². The van der Waals surface area contributed by atoms with E-state index in [0.717, 1.165) is 16.7 Å². The molecular weight excluding hydrogens is 409 g/mol. The molecule has 1 N–H and O–H groups in total. The zero-order valence-electron chi connectivity index (χ0n) is 16.3. The summed E-state index contributed by atoms with van der Waals surface area (Å²) in [6, 6.07) is 20.1. The lowest BCUT2D eigenvalue weighted by molar-refractivity contribution is 0.528. The minimum absolute atomic E-state index is 0.182. The van der Waals surface area contributed by atoms with Crippen molar-refractivity contribution >= 4 is 21.6 Å². The third-order valence-electron chi connectivity index (χ3n) is 4.80. The van der Waals surface area contributed by atoms with Crippen molar-refractivity contribution in [3.05, 3.63) is 100 Å². The first-order valence-corrected chi connectivity index (χ1v) is 11.2. The SMILES string of the molecule is Cc1ccc(S(=O)(=O)N[C@H](C)CC(c2ccc(Cl)cc2)c2cccc(F)c2)cc1. The van der Waals surface area contributed by atoms with Crippen molar-refractivity contribution in [2.75, 3.05) is 0 Å². The molecule has 0 aliphatic rings. The van der Waals surface area contributed by atoms with Crippen molar-refractivity contribution in [2.24, 2.45) is 0 Å². The molecule has 0 amide bonds. The highest BCUT2D eigenvalue weighted by molar-refractivity contribution is 7.89. The molecule has 0 radical (unpaired) electrons. The average Bonchev–Trinajstić information content (AvgIpc) is 2.67. The Morgan fingerprint density at radius 2 is 1.62 bits per heavy atom. The van der Waals surface area contributed by atoms with E-state index in [0.29, 0.717) is 11.4 Å². The van der Waals surface area contributed by atoms with Gasteiger partial charge in [-0.05, 0) is 67.8 Å². The number of hydrogen-bond acceptors (Lipinski definition) is 2. The Balaban J connectivity index is 1.85. The van der Waals surface area contributed by atoms with Gasteiger partial charge in [0, 0.05) is 17.0 Å². The number of sulfonamides is 1. The first-order chi connectivity index (χ1) is 13.7. The van der Waals surface area contributed by atoms with Crippen LogP contribution in [0.3, 0.4) is 0 Å². The van der Waals surface area contributed by atoms with E-state index in [-0.39, 0.29) is 22.7 Å². The number of aryl methyl sites for hydroxylation is 1. The van der Waals surface area contributed by atoms with E-state index in [2.05, 4.69) is 4.72 Å². The number of rotatable bonds is 7. The summed E-state index contributed by atoms with van der Waals surface area (Å²) in [7, 11) is -3.65. The molecule has 0 aliphatic carbocycles. The monoisotopic (exact) mass is 431 g/mol. The maximum absolute atomic E-state index is 13.8. The zero-order chi connectivity index (χ0) is 21.0. The fourth-order valence-electron chi connectivity index (χ4n) is 3.34. The Morgan fingerprint density at radius 3 is 2.24 bits per heavy atom. The zero-order valence-corrected chi connectivity index (χ0v) is 17.8. The van der Waals surface area contributed by atoms with Crippen LogP contribution in [-0.4, -0.2) is 14.5 Å². The van der Waals surface area contributed by atoms with E-state index in [1.807, 2.05) is 32.0 Å². The maximum atomic E-state index is 13.8. The predicted octanol–water partition coefficient (Wildman–Crippen LogP) is 5.68. The van der Waals surface area contributed by atoms with E-state index >= 15 is 0 Å². The minimum Gasteiger partial charge on any atom is -0.208 e. The van der Waals surface area contributed by atoms with Crippen LogP contribution >= 0.6 is 11.6 Å². The lowest BCUT2D eigenvalue weighted by Crippen LogP contribution is -2.34. The third kappa shape index (κ3) is 5.66. The summed E-state index contributed by atoms with van der Waals surface area (Å²) in [4.78, 5) is 0.226. The van der Waals surface area contributed by atoms with Crippen LogP contribution in [0.2, 0.25) is 5.02 Å². The fourth-order valence-corrected chi connectivity index (χ4v) is 4.72. The first-order valence-electron chi connectivity index (χ1n) is 9.34. The molecular formula is C23H23ClFNO2S. The van der Waals surface area contributed by atoms with Crippen molar-refractivity contribution in [2.45, 2.75) is 37.1 Å². The van der Waals surface area contributed by atoms with Gasteiger partial charge >= 0.3 is 0 Å². The molecule has 0 saturated heterocycles. The molecule has 0 aromatic heterocycles. The number of halogens is 2. The Morgan fingerprint density at radius 1 is 0.966 bits per heavy atom. The van der Waals surface area contributed by atoms with Gasteiger partial charge in [0.1, 0.15) is 5.82 Å². The maximum Gasteiger partial charge on any atom is 0.240 e. The highest BCUT2D eigenvalue weighted by Gasteiger charge is 2.22. The highest BCUT2D eigenvalue weighted by atomic mass is 35.5. The molecule has 2 atom stereocenters. The molecule has 29 heavy (non-hydrogen) atoms. The fraction of sp³-hybridized carbons (Fsp3) is 0.217. The summed E-state index contributed by atoms with van der Waals surface area (Å²) in [6.45, 7) is 3.72. The van der Waals surface area contributed by atoms with Gasteiger partial charge < -0.3 is 0 Å². The Bertz CT molecular complexity index is 1070. The average molecular weight is 432 g/mol. The normalized spacial score (nSPS) is 13.8. The van der Waals surface area contributed by atoms with Gasteiger partial charge in [-0.15, -0.1) is 0 Å². The topological polar surface area (TPSA) is 46.2 Å². The molecule has 6 heteroatoms. The summed E-state index contributed by atoms with van der Waals surface area (Å²) >= 11 is 6.01. The smallest absolute Gasteiger partial charge is 0.208 e. The molecule has 3 rings (SSSR count). The lowest BCUT2D eigenvalue weighted by Gasteiger charge is -2.23. The van der Waals surface area contributed by atoms with Crippen LogP contribution in [-0.2, 0) is 10.0 Å². The van der Waals surface area contributed by atoms with Crippen LogP contribution in [0.5, 0.6) is 0 Å². The molecule has 0 bridgehead atoms. The summed E-state index contributed by atoms with van der Waals surface area (Å²) in [6.07, 6.45) is 0.468. The molecule has 0 fully saturated rings. The van der Waals surface area contributed by atoms with Gasteiger partial charge in [-0.3, -0.25) is 0 Å². The van der Waals surface area contributed by atoms with Crippen LogP contribution < -0.4 is 4.72 Å². The van der Waals surface area contributed by atoms with E-state index < -0.39 is 10.0 Å². The quantitative estimate of drug-likeness (QED) is 0.523. The molecule has 0 aliphatic heterocycles. The number of hydrogen-bond donors (Lipinski definition) is 1. The first kappa shape index (κ1) is 21.5. The standard InChI is InChI=1S/C23H23ClFNO2S/c1-16-6-12-22(13-7-16)29(27,28)26-17(2)14-23(18-8-10-20(24)11-9-18)19-4-3-5-21(25)15-19/h3-13,15,17,23,26H,14H2,1-2H3/t17-,23?/m1/s1. The lowest BCUT2D eigenvalue weighted by atomic mass is 9.86. The molecule has 0 saturated carbocycles. The van der Waals surface area contributed by atoms with Gasteiger partial charge in [-0.1, -0.05) is 53.6 Å². The molecule has 1 unspecified atom stereocenters. The molecule has 3 aromatic rings. The molecule has 0 spiro atoms. The van der Waals surface area contributed by atoms with E-state index in [1.165, 1.54) is 12.1 Å². The van der Waals surface area contributed by atoms with Crippen LogP contribution in [0.25, 0.3) is 0 Å². The second kappa shape index (κ2) is 9.08. The second-order valence-corrected chi connectivity index (χ2v) is 9.38. The number of benzene rings is 3. The van der Waals surface area contributed by atoms with E-state index in [9.17, 15) is 12.8 Å². The summed E-state index contributed by atoms with van der Waals surface area (Å²) in [5.41, 5.74) is 2.72. The minimum atomic E-state index is -3.65. The highest BCUT2D eigenvalue weighted by Crippen LogP contribution is 2.31. The second-order valence-electron chi connectivity index (χ2n) is 7.23. The van der Waals surface area contributed by atoms with Crippen molar-refractivity contribution in [1.29, 1.82) is 0 Å². The number of nitrogens with one attached hydrogen (secondary N) is 1. The Labute approximate surface area is 176 Å². The van der Waals surface area contributed by atoms with Crippen LogP contribution in [0.4, 0.5) is 4.39 Å². The third-order valence-corrected chi connectivity index (χ3v) is 6.66. The molecule has 0 heterocycles. The summed E-state index contributed by atoms with van der Waals surface area (Å²) in [5.74, 6) is -0.506. The van der Waals surface area contributed by atoms with Gasteiger partial charge in [0.15, 0.2) is 0 Å². The molecule has 3 nitrogen and oxygen atoms in total. The Kier molecular flexibility index (Phi) is 6.73. The van der Waals surface area contributed by atoms with Gasteiger partial charge in [0.2, 0.25) is 10.0 Å². The summed E-state index contributed by atoms with van der Waals surface area (Å²) in [5, 5.41) is 0.611. The largest absolute Gasteiger partial charge is 0.240 e. The molecule has 3 aromatic carbocycles.